The lowest BCUT2D eigenvalue weighted by molar-refractivity contribution is -0.141. The average molecular weight is 607 g/mol. The molecule has 2 N–H and O–H groups in total. The first-order valence-corrected chi connectivity index (χ1v) is 13.4. The van der Waals surface area contributed by atoms with E-state index in [0.717, 1.165) is 11.6 Å². The van der Waals surface area contributed by atoms with Crippen molar-refractivity contribution in [3.63, 3.8) is 0 Å². The van der Waals surface area contributed by atoms with E-state index in [-0.39, 0.29) is 12.2 Å². The first-order chi connectivity index (χ1) is 21.1. The third kappa shape index (κ3) is 6.48. The molecule has 0 unspecified atom stereocenters. The van der Waals surface area contributed by atoms with E-state index in [2.05, 4.69) is 30.7 Å². The molecule has 0 aliphatic heterocycles. The van der Waals surface area contributed by atoms with Crippen molar-refractivity contribution in [3.05, 3.63) is 89.6 Å². The van der Waals surface area contributed by atoms with Gasteiger partial charge in [-0.25, -0.2) is 19.7 Å². The van der Waals surface area contributed by atoms with Crippen LogP contribution in [0.1, 0.15) is 22.6 Å². The number of carbonyl (C=O) groups excluding carboxylic acids is 1. The number of rotatable bonds is 9. The van der Waals surface area contributed by atoms with Crippen LogP contribution in [0, 0.1) is 6.92 Å². The standard InChI is InChI=1S/C30H29F3N8O3/c1-18-28-22(8-6-9-23(28)41(39-18)16-20-7-5-10-25(37-20)30(31,32)33)38-29(42)40(2)27-14-26(35-17-36-27)34-15-19-11-12-21(43-3)13-24(19)44-4/h5-14,17H,15-16H2,1-4H3,(H,38,42)(H,34,35,36). The highest BCUT2D eigenvalue weighted by atomic mass is 19.4. The molecule has 2 amide bonds. The summed E-state index contributed by atoms with van der Waals surface area (Å²) in [4.78, 5) is 26.9. The van der Waals surface area contributed by atoms with Gasteiger partial charge in [0, 0.05) is 36.7 Å². The fourth-order valence-electron chi connectivity index (χ4n) is 4.64. The number of hydrogen-bond acceptors (Lipinski definition) is 8. The molecule has 0 radical (unpaired) electrons. The van der Waals surface area contributed by atoms with Gasteiger partial charge in [0.1, 0.15) is 35.2 Å². The number of fused-ring (bicyclic) bond motifs is 1. The minimum absolute atomic E-state index is 0.0185. The Hall–Kier alpha value is -5.40. The number of halogens is 3. The maximum Gasteiger partial charge on any atom is 0.433 e. The Labute approximate surface area is 250 Å². The summed E-state index contributed by atoms with van der Waals surface area (Å²) in [5.74, 6) is 2.17. The fraction of sp³-hybridized carbons (Fsp3) is 0.233. The lowest BCUT2D eigenvalue weighted by Crippen LogP contribution is -2.32. The molecule has 11 nitrogen and oxygen atoms in total. The summed E-state index contributed by atoms with van der Waals surface area (Å²) in [6.07, 6.45) is -3.20. The van der Waals surface area contributed by atoms with E-state index in [9.17, 15) is 18.0 Å². The Kier molecular flexibility index (Phi) is 8.51. The van der Waals surface area contributed by atoms with Gasteiger partial charge >= 0.3 is 12.2 Å². The van der Waals surface area contributed by atoms with Crippen LogP contribution < -0.4 is 25.0 Å². The first-order valence-electron chi connectivity index (χ1n) is 13.4. The van der Waals surface area contributed by atoms with E-state index in [4.69, 9.17) is 9.47 Å². The number of pyridine rings is 1. The number of benzene rings is 2. The average Bonchev–Trinajstić information content (AvgIpc) is 3.34. The Morgan fingerprint density at radius 1 is 1.02 bits per heavy atom. The van der Waals surface area contributed by atoms with Gasteiger partial charge in [0.25, 0.3) is 0 Å². The first kappa shape index (κ1) is 30.1. The van der Waals surface area contributed by atoms with Gasteiger partial charge in [0.2, 0.25) is 0 Å². The molecule has 5 aromatic rings. The summed E-state index contributed by atoms with van der Waals surface area (Å²) in [6, 6.07) is 15.7. The number of urea groups is 1. The molecule has 0 saturated carbocycles. The number of methoxy groups -OCH3 is 2. The number of aromatic nitrogens is 5. The van der Waals surface area contributed by atoms with Crippen LogP contribution >= 0.6 is 0 Å². The molecule has 2 aromatic carbocycles. The SMILES string of the molecule is COc1ccc(CNc2cc(N(C)C(=O)Nc3cccc4c3c(C)nn4Cc3cccc(C(F)(F)F)n3)ncn2)c(OC)c1. The normalized spacial score (nSPS) is 11.3. The fourth-order valence-corrected chi connectivity index (χ4v) is 4.64. The number of carbonyl (C=O) groups is 1. The van der Waals surface area contributed by atoms with E-state index in [1.165, 1.54) is 23.4 Å². The topological polar surface area (TPSA) is 119 Å². The van der Waals surface area contributed by atoms with Crippen molar-refractivity contribution in [2.45, 2.75) is 26.2 Å². The van der Waals surface area contributed by atoms with Gasteiger partial charge in [-0.3, -0.25) is 9.58 Å². The van der Waals surface area contributed by atoms with Gasteiger partial charge in [0.05, 0.1) is 43.4 Å². The minimum Gasteiger partial charge on any atom is -0.497 e. The number of hydrogen-bond donors (Lipinski definition) is 2. The van der Waals surface area contributed by atoms with Gasteiger partial charge in [0.15, 0.2) is 0 Å². The van der Waals surface area contributed by atoms with E-state index >= 15 is 0 Å². The third-order valence-corrected chi connectivity index (χ3v) is 6.86. The monoisotopic (exact) mass is 606 g/mol. The van der Waals surface area contributed by atoms with Crippen LogP contribution in [0.4, 0.5) is 35.3 Å². The molecule has 0 bridgehead atoms. The van der Waals surface area contributed by atoms with Crippen molar-refractivity contribution >= 4 is 34.3 Å². The van der Waals surface area contributed by atoms with E-state index in [1.807, 2.05) is 12.1 Å². The van der Waals surface area contributed by atoms with Crippen molar-refractivity contribution in [1.82, 2.24) is 24.7 Å². The number of aryl methyl sites for hydroxylation is 1. The number of nitrogens with one attached hydrogen (secondary N) is 2. The number of amides is 2. The Morgan fingerprint density at radius 2 is 1.82 bits per heavy atom. The molecule has 0 atom stereocenters. The zero-order valence-corrected chi connectivity index (χ0v) is 24.3. The summed E-state index contributed by atoms with van der Waals surface area (Å²) in [5, 5.41) is 11.3. The van der Waals surface area contributed by atoms with Gasteiger partial charge in [-0.15, -0.1) is 0 Å². The highest BCUT2D eigenvalue weighted by Crippen LogP contribution is 2.30. The molecule has 3 heterocycles. The predicted molar refractivity (Wildman–Crippen MR) is 159 cm³/mol. The number of alkyl halides is 3. The maximum atomic E-state index is 13.3. The quantitative estimate of drug-likeness (QED) is 0.213. The second-order valence-electron chi connectivity index (χ2n) is 9.74. The second-order valence-corrected chi connectivity index (χ2v) is 9.74. The van der Waals surface area contributed by atoms with Gasteiger partial charge in [-0.1, -0.05) is 12.1 Å². The van der Waals surface area contributed by atoms with E-state index in [1.54, 1.807) is 63.2 Å². The molecule has 0 aliphatic carbocycles. The van der Waals surface area contributed by atoms with Crippen LogP contribution in [0.25, 0.3) is 10.9 Å². The molecular weight excluding hydrogens is 577 g/mol. The highest BCUT2D eigenvalue weighted by Gasteiger charge is 2.32. The van der Waals surface area contributed by atoms with Gasteiger partial charge in [-0.2, -0.15) is 18.3 Å². The van der Waals surface area contributed by atoms with Crippen LogP contribution in [0.2, 0.25) is 0 Å². The molecule has 0 saturated heterocycles. The zero-order chi connectivity index (χ0) is 31.4. The van der Waals surface area contributed by atoms with Crippen molar-refractivity contribution < 1.29 is 27.4 Å². The Morgan fingerprint density at radius 3 is 2.57 bits per heavy atom. The van der Waals surface area contributed by atoms with Gasteiger partial charge in [-0.05, 0) is 43.3 Å². The number of ether oxygens (including phenoxy) is 2. The smallest absolute Gasteiger partial charge is 0.433 e. The molecule has 228 valence electrons. The highest BCUT2D eigenvalue weighted by molar-refractivity contribution is 6.07. The van der Waals surface area contributed by atoms with Crippen LogP contribution in [0.15, 0.2) is 67.0 Å². The van der Waals surface area contributed by atoms with Crippen molar-refractivity contribution in [2.75, 3.05) is 36.8 Å². The minimum atomic E-state index is -4.55. The van der Waals surface area contributed by atoms with Crippen LogP contribution in [0.3, 0.4) is 0 Å². The molecule has 5 rings (SSSR count). The van der Waals surface area contributed by atoms with Gasteiger partial charge < -0.3 is 20.1 Å². The molecule has 0 fully saturated rings. The molecule has 0 aliphatic rings. The van der Waals surface area contributed by atoms with Crippen LogP contribution in [0.5, 0.6) is 11.5 Å². The van der Waals surface area contributed by atoms with Crippen LogP contribution in [-0.2, 0) is 19.3 Å². The lowest BCUT2D eigenvalue weighted by Gasteiger charge is -2.18. The third-order valence-electron chi connectivity index (χ3n) is 6.86. The summed E-state index contributed by atoms with van der Waals surface area (Å²) < 4.78 is 51.7. The van der Waals surface area contributed by atoms with Crippen LogP contribution in [-0.4, -0.2) is 52.0 Å². The Bertz CT molecular complexity index is 1810. The molecule has 14 heteroatoms. The molecular formula is C30H29F3N8O3. The van der Waals surface area contributed by atoms with Crippen molar-refractivity contribution in [2.24, 2.45) is 0 Å². The van der Waals surface area contributed by atoms with E-state index < -0.39 is 17.9 Å². The number of nitrogens with zero attached hydrogens (tertiary/aromatic N) is 6. The van der Waals surface area contributed by atoms with E-state index in [0.29, 0.717) is 52.0 Å². The van der Waals surface area contributed by atoms with Crippen molar-refractivity contribution in [3.8, 4) is 11.5 Å². The summed E-state index contributed by atoms with van der Waals surface area (Å²) in [7, 11) is 4.73. The summed E-state index contributed by atoms with van der Waals surface area (Å²) in [6.45, 7) is 2.18. The Balaban J connectivity index is 1.31. The molecule has 44 heavy (non-hydrogen) atoms. The molecule has 0 spiro atoms. The number of anilines is 3. The predicted octanol–water partition coefficient (Wildman–Crippen LogP) is 5.89. The molecule has 3 aromatic heterocycles. The zero-order valence-electron chi connectivity index (χ0n) is 24.3. The summed E-state index contributed by atoms with van der Waals surface area (Å²) in [5.41, 5.74) is 1.82. The summed E-state index contributed by atoms with van der Waals surface area (Å²) >= 11 is 0. The van der Waals surface area contributed by atoms with Crippen molar-refractivity contribution in [1.29, 1.82) is 0 Å². The lowest BCUT2D eigenvalue weighted by atomic mass is 10.1. The maximum absolute atomic E-state index is 13.3. The largest absolute Gasteiger partial charge is 0.497 e. The second kappa shape index (κ2) is 12.5.